The van der Waals surface area contributed by atoms with Gasteiger partial charge < -0.3 is 10.1 Å². The molecule has 1 heterocycles. The van der Waals surface area contributed by atoms with Gasteiger partial charge in [0, 0.05) is 6.20 Å². The maximum absolute atomic E-state index is 11.7. The molecule has 0 saturated carbocycles. The van der Waals surface area contributed by atoms with Crippen molar-refractivity contribution in [2.75, 3.05) is 11.9 Å². The molecule has 0 unspecified atom stereocenters. The van der Waals surface area contributed by atoms with Crippen LogP contribution in [0.4, 0.5) is 5.82 Å². The van der Waals surface area contributed by atoms with Crippen LogP contribution in [0, 0.1) is 17.2 Å². The van der Waals surface area contributed by atoms with E-state index in [0.717, 1.165) is 6.42 Å². The van der Waals surface area contributed by atoms with Crippen LogP contribution in [0.5, 0.6) is 0 Å². The first kappa shape index (κ1) is 16.1. The number of hydrogen-bond donors (Lipinski definition) is 1. The SMILES string of the molecule is CC(C)C[C@H](C)OCCC(=O)Nc1ccc(C#N)cn1. The third kappa shape index (κ3) is 6.30. The minimum Gasteiger partial charge on any atom is -0.378 e. The molecule has 20 heavy (non-hydrogen) atoms. The lowest BCUT2D eigenvalue weighted by molar-refractivity contribution is -0.117. The van der Waals surface area contributed by atoms with Gasteiger partial charge in [-0.3, -0.25) is 4.79 Å². The van der Waals surface area contributed by atoms with E-state index < -0.39 is 0 Å². The summed E-state index contributed by atoms with van der Waals surface area (Å²) in [6.45, 7) is 6.70. The van der Waals surface area contributed by atoms with Crippen LogP contribution in [0.25, 0.3) is 0 Å². The summed E-state index contributed by atoms with van der Waals surface area (Å²) in [6.07, 6.45) is 2.87. The Labute approximate surface area is 120 Å². The van der Waals surface area contributed by atoms with Gasteiger partial charge in [0.15, 0.2) is 0 Å². The van der Waals surface area contributed by atoms with Crippen molar-refractivity contribution in [2.45, 2.75) is 39.7 Å². The molecule has 0 aliphatic carbocycles. The highest BCUT2D eigenvalue weighted by atomic mass is 16.5. The van der Waals surface area contributed by atoms with E-state index in [1.54, 1.807) is 12.1 Å². The molecule has 0 aliphatic rings. The molecule has 1 amide bonds. The topological polar surface area (TPSA) is 75.0 Å². The predicted octanol–water partition coefficient (Wildman–Crippen LogP) is 2.73. The number of amides is 1. The van der Waals surface area contributed by atoms with Crippen molar-refractivity contribution in [3.63, 3.8) is 0 Å². The van der Waals surface area contributed by atoms with E-state index in [-0.39, 0.29) is 12.0 Å². The van der Waals surface area contributed by atoms with Gasteiger partial charge in [-0.2, -0.15) is 5.26 Å². The minimum atomic E-state index is -0.140. The third-order valence-electron chi connectivity index (χ3n) is 2.69. The lowest BCUT2D eigenvalue weighted by Crippen LogP contribution is -2.18. The average molecular weight is 275 g/mol. The van der Waals surface area contributed by atoms with Gasteiger partial charge in [-0.1, -0.05) is 13.8 Å². The number of rotatable bonds is 7. The minimum absolute atomic E-state index is 0.140. The molecular weight excluding hydrogens is 254 g/mol. The molecule has 1 aromatic heterocycles. The number of aromatic nitrogens is 1. The van der Waals surface area contributed by atoms with Crippen LogP contribution < -0.4 is 5.32 Å². The lowest BCUT2D eigenvalue weighted by Gasteiger charge is -2.14. The van der Waals surface area contributed by atoms with Crippen molar-refractivity contribution in [1.82, 2.24) is 4.98 Å². The molecule has 108 valence electrons. The molecular formula is C15H21N3O2. The second-order valence-electron chi connectivity index (χ2n) is 5.15. The number of pyridine rings is 1. The van der Waals surface area contributed by atoms with Crippen molar-refractivity contribution >= 4 is 11.7 Å². The van der Waals surface area contributed by atoms with E-state index in [4.69, 9.17) is 10.00 Å². The fraction of sp³-hybridized carbons (Fsp3) is 0.533. The number of anilines is 1. The Hall–Kier alpha value is -1.93. The van der Waals surface area contributed by atoms with Gasteiger partial charge >= 0.3 is 0 Å². The smallest absolute Gasteiger partial charge is 0.227 e. The van der Waals surface area contributed by atoms with Gasteiger partial charge in [0.25, 0.3) is 0 Å². The standard InChI is InChI=1S/C15H21N3O2/c1-11(2)8-12(3)20-7-6-15(19)18-14-5-4-13(9-16)10-17-14/h4-5,10-12H,6-8H2,1-3H3,(H,17,18,19)/t12-/m0/s1. The monoisotopic (exact) mass is 275 g/mol. The summed E-state index contributed by atoms with van der Waals surface area (Å²) in [7, 11) is 0. The van der Waals surface area contributed by atoms with Crippen LogP contribution in [-0.2, 0) is 9.53 Å². The van der Waals surface area contributed by atoms with Gasteiger partial charge in [-0.05, 0) is 31.4 Å². The van der Waals surface area contributed by atoms with Crippen molar-refractivity contribution in [2.24, 2.45) is 5.92 Å². The first-order valence-corrected chi connectivity index (χ1v) is 6.79. The number of hydrogen-bond acceptors (Lipinski definition) is 4. The molecule has 0 fully saturated rings. The van der Waals surface area contributed by atoms with Crippen LogP contribution in [0.15, 0.2) is 18.3 Å². The summed E-state index contributed by atoms with van der Waals surface area (Å²) in [4.78, 5) is 15.7. The molecule has 0 saturated heterocycles. The molecule has 1 atom stereocenters. The largest absolute Gasteiger partial charge is 0.378 e. The molecule has 0 bridgehead atoms. The van der Waals surface area contributed by atoms with E-state index in [9.17, 15) is 4.79 Å². The molecule has 0 spiro atoms. The van der Waals surface area contributed by atoms with Gasteiger partial charge in [-0.15, -0.1) is 0 Å². The van der Waals surface area contributed by atoms with E-state index in [0.29, 0.717) is 30.3 Å². The highest BCUT2D eigenvalue weighted by Crippen LogP contribution is 2.08. The summed E-state index contributed by atoms with van der Waals surface area (Å²) in [5.41, 5.74) is 0.467. The summed E-state index contributed by atoms with van der Waals surface area (Å²) in [6, 6.07) is 5.20. The molecule has 1 rings (SSSR count). The van der Waals surface area contributed by atoms with Crippen LogP contribution in [0.3, 0.4) is 0 Å². The number of ether oxygens (including phenoxy) is 1. The molecule has 0 aliphatic heterocycles. The zero-order chi connectivity index (χ0) is 15.0. The summed E-state index contributed by atoms with van der Waals surface area (Å²) < 4.78 is 5.57. The quantitative estimate of drug-likeness (QED) is 0.830. The Morgan fingerprint density at radius 2 is 2.20 bits per heavy atom. The first-order chi connectivity index (χ1) is 9.51. The van der Waals surface area contributed by atoms with Crippen LogP contribution in [-0.4, -0.2) is 23.6 Å². The van der Waals surface area contributed by atoms with Gasteiger partial charge in [-0.25, -0.2) is 4.98 Å². The van der Waals surface area contributed by atoms with Gasteiger partial charge in [0.1, 0.15) is 11.9 Å². The van der Waals surface area contributed by atoms with Crippen LogP contribution in [0.2, 0.25) is 0 Å². The van der Waals surface area contributed by atoms with E-state index in [2.05, 4.69) is 24.1 Å². The first-order valence-electron chi connectivity index (χ1n) is 6.79. The maximum atomic E-state index is 11.7. The number of carbonyl (C=O) groups excluding carboxylic acids is 1. The van der Waals surface area contributed by atoms with Crippen molar-refractivity contribution < 1.29 is 9.53 Å². The van der Waals surface area contributed by atoms with E-state index >= 15 is 0 Å². The summed E-state index contributed by atoms with van der Waals surface area (Å²) in [5.74, 6) is 0.893. The normalized spacial score (nSPS) is 11.9. The van der Waals surface area contributed by atoms with Crippen molar-refractivity contribution in [3.05, 3.63) is 23.9 Å². The molecule has 1 aromatic rings. The zero-order valence-electron chi connectivity index (χ0n) is 12.2. The Morgan fingerprint density at radius 1 is 1.45 bits per heavy atom. The highest BCUT2D eigenvalue weighted by molar-refractivity contribution is 5.89. The van der Waals surface area contributed by atoms with E-state index in [1.807, 2.05) is 13.0 Å². The molecule has 1 N–H and O–H groups in total. The Kier molecular flexibility index (Phi) is 6.68. The Balaban J connectivity index is 2.28. The zero-order valence-corrected chi connectivity index (χ0v) is 12.2. The average Bonchev–Trinajstić information content (AvgIpc) is 2.38. The molecule has 0 aromatic carbocycles. The third-order valence-corrected chi connectivity index (χ3v) is 2.69. The predicted molar refractivity (Wildman–Crippen MR) is 77.1 cm³/mol. The summed E-state index contributed by atoms with van der Waals surface area (Å²) in [5, 5.41) is 11.3. The fourth-order valence-electron chi connectivity index (χ4n) is 1.82. The number of nitrogens with one attached hydrogen (secondary N) is 1. The second-order valence-corrected chi connectivity index (χ2v) is 5.15. The number of nitriles is 1. The Bertz CT molecular complexity index is 463. The maximum Gasteiger partial charge on any atom is 0.227 e. The second kappa shape index (κ2) is 8.28. The Morgan fingerprint density at radius 3 is 2.75 bits per heavy atom. The van der Waals surface area contributed by atoms with Crippen LogP contribution in [0.1, 0.15) is 39.2 Å². The highest BCUT2D eigenvalue weighted by Gasteiger charge is 2.08. The fourth-order valence-corrected chi connectivity index (χ4v) is 1.82. The molecule has 0 radical (unpaired) electrons. The lowest BCUT2D eigenvalue weighted by atomic mass is 10.1. The van der Waals surface area contributed by atoms with Crippen LogP contribution >= 0.6 is 0 Å². The number of nitrogens with zero attached hydrogens (tertiary/aromatic N) is 2. The van der Waals surface area contributed by atoms with Crippen molar-refractivity contribution in [1.29, 1.82) is 5.26 Å². The van der Waals surface area contributed by atoms with Gasteiger partial charge in [0.05, 0.1) is 24.7 Å². The van der Waals surface area contributed by atoms with E-state index in [1.165, 1.54) is 6.20 Å². The summed E-state index contributed by atoms with van der Waals surface area (Å²) >= 11 is 0. The van der Waals surface area contributed by atoms with Crippen molar-refractivity contribution in [3.8, 4) is 6.07 Å². The number of carbonyl (C=O) groups is 1. The molecule has 5 heteroatoms. The van der Waals surface area contributed by atoms with Gasteiger partial charge in [0.2, 0.25) is 5.91 Å². The molecule has 5 nitrogen and oxygen atoms in total.